The number of hydrogen-bond donors (Lipinski definition) is 1. The van der Waals surface area contributed by atoms with Gasteiger partial charge in [-0.05, 0) is 24.1 Å². The van der Waals surface area contributed by atoms with E-state index in [1.165, 1.54) is 22.5 Å². The van der Waals surface area contributed by atoms with Gasteiger partial charge in [0.25, 0.3) is 5.56 Å². The Bertz CT molecular complexity index is 543. The number of benzene rings is 1. The maximum Gasteiger partial charge on any atom is 0.273 e. The summed E-state index contributed by atoms with van der Waals surface area (Å²) in [4.78, 5) is 11.6. The monoisotopic (exact) mass is 215 g/mol. The minimum absolute atomic E-state index is 0.218. The standard InChI is InChI=1S/C12H13N3O/c1-2-9-3-5-11(6-4-9)15-12(16)7-10(13)8-14-15/h3-8H,2,13H2,1H3. The Morgan fingerprint density at radius 1 is 1.31 bits per heavy atom. The zero-order valence-electron chi connectivity index (χ0n) is 9.05. The van der Waals surface area contributed by atoms with Crippen LogP contribution in [0.2, 0.25) is 0 Å². The molecule has 0 bridgehead atoms. The molecule has 0 aliphatic heterocycles. The van der Waals surface area contributed by atoms with Gasteiger partial charge in [0.05, 0.1) is 17.6 Å². The highest BCUT2D eigenvalue weighted by Gasteiger charge is 2.00. The maximum absolute atomic E-state index is 11.6. The molecule has 0 atom stereocenters. The highest BCUT2D eigenvalue weighted by molar-refractivity contribution is 5.37. The van der Waals surface area contributed by atoms with Crippen molar-refractivity contribution in [2.24, 2.45) is 0 Å². The largest absolute Gasteiger partial charge is 0.397 e. The first kappa shape index (κ1) is 10.4. The third-order valence-electron chi connectivity index (χ3n) is 2.41. The summed E-state index contributed by atoms with van der Waals surface area (Å²) in [6.07, 6.45) is 2.44. The topological polar surface area (TPSA) is 60.9 Å². The van der Waals surface area contributed by atoms with E-state index < -0.39 is 0 Å². The second-order valence-corrected chi connectivity index (χ2v) is 3.56. The number of aromatic nitrogens is 2. The van der Waals surface area contributed by atoms with Gasteiger partial charge in [-0.3, -0.25) is 4.79 Å². The van der Waals surface area contributed by atoms with Crippen LogP contribution in [0.3, 0.4) is 0 Å². The van der Waals surface area contributed by atoms with Gasteiger partial charge in [0.2, 0.25) is 0 Å². The fourth-order valence-electron chi connectivity index (χ4n) is 1.49. The van der Waals surface area contributed by atoms with Gasteiger partial charge < -0.3 is 5.73 Å². The summed E-state index contributed by atoms with van der Waals surface area (Å²) in [6.45, 7) is 2.09. The average molecular weight is 215 g/mol. The van der Waals surface area contributed by atoms with Gasteiger partial charge in [0.1, 0.15) is 0 Å². The van der Waals surface area contributed by atoms with E-state index in [0.29, 0.717) is 5.69 Å². The lowest BCUT2D eigenvalue weighted by Gasteiger charge is -2.04. The number of nitrogens with zero attached hydrogens (tertiary/aromatic N) is 2. The SMILES string of the molecule is CCc1ccc(-n2ncc(N)cc2=O)cc1. The van der Waals surface area contributed by atoms with Gasteiger partial charge in [-0.15, -0.1) is 0 Å². The Morgan fingerprint density at radius 2 is 2.00 bits per heavy atom. The molecule has 0 saturated heterocycles. The first-order valence-electron chi connectivity index (χ1n) is 5.15. The molecule has 82 valence electrons. The van der Waals surface area contributed by atoms with E-state index >= 15 is 0 Å². The third-order valence-corrected chi connectivity index (χ3v) is 2.41. The molecule has 0 fully saturated rings. The summed E-state index contributed by atoms with van der Waals surface area (Å²) in [5, 5.41) is 3.98. The number of aryl methyl sites for hydroxylation is 1. The van der Waals surface area contributed by atoms with Crippen molar-refractivity contribution < 1.29 is 0 Å². The second kappa shape index (κ2) is 4.18. The minimum atomic E-state index is -0.218. The molecule has 1 heterocycles. The first-order chi connectivity index (χ1) is 7.70. The van der Waals surface area contributed by atoms with E-state index in [-0.39, 0.29) is 5.56 Å². The predicted molar refractivity (Wildman–Crippen MR) is 63.6 cm³/mol. The molecule has 4 heteroatoms. The van der Waals surface area contributed by atoms with Crippen molar-refractivity contribution in [3.63, 3.8) is 0 Å². The Hall–Kier alpha value is -2.10. The second-order valence-electron chi connectivity index (χ2n) is 3.56. The van der Waals surface area contributed by atoms with Crippen LogP contribution < -0.4 is 11.3 Å². The number of anilines is 1. The van der Waals surface area contributed by atoms with Crippen molar-refractivity contribution in [2.75, 3.05) is 5.73 Å². The minimum Gasteiger partial charge on any atom is -0.397 e. The molecule has 16 heavy (non-hydrogen) atoms. The summed E-state index contributed by atoms with van der Waals surface area (Å²) in [5.74, 6) is 0. The zero-order valence-corrected chi connectivity index (χ0v) is 9.05. The molecule has 4 nitrogen and oxygen atoms in total. The van der Waals surface area contributed by atoms with Crippen LogP contribution in [0.5, 0.6) is 0 Å². The molecule has 2 aromatic rings. The van der Waals surface area contributed by atoms with E-state index in [9.17, 15) is 4.79 Å². The van der Waals surface area contributed by atoms with Crippen molar-refractivity contribution in [1.82, 2.24) is 9.78 Å². The van der Waals surface area contributed by atoms with Crippen LogP contribution in [0.15, 0.2) is 41.3 Å². The molecule has 2 N–H and O–H groups in total. The Kier molecular flexibility index (Phi) is 2.72. The molecule has 0 radical (unpaired) electrons. The summed E-state index contributed by atoms with van der Waals surface area (Å²) in [5.41, 5.74) is 7.62. The lowest BCUT2D eigenvalue weighted by molar-refractivity contribution is 0.808. The lowest BCUT2D eigenvalue weighted by atomic mass is 10.1. The molecule has 0 saturated carbocycles. The van der Waals surface area contributed by atoms with Crippen LogP contribution in [0.4, 0.5) is 5.69 Å². The predicted octanol–water partition coefficient (Wildman–Crippen LogP) is 1.38. The summed E-state index contributed by atoms with van der Waals surface area (Å²) in [7, 11) is 0. The van der Waals surface area contributed by atoms with Crippen LogP contribution in [-0.4, -0.2) is 9.78 Å². The Labute approximate surface area is 93.3 Å². The van der Waals surface area contributed by atoms with Gasteiger partial charge in [-0.2, -0.15) is 9.78 Å². The van der Waals surface area contributed by atoms with Gasteiger partial charge in [0, 0.05) is 6.07 Å². The van der Waals surface area contributed by atoms with Crippen molar-refractivity contribution in [3.05, 3.63) is 52.4 Å². The fourth-order valence-corrected chi connectivity index (χ4v) is 1.49. The summed E-state index contributed by atoms with van der Waals surface area (Å²) >= 11 is 0. The van der Waals surface area contributed by atoms with Crippen molar-refractivity contribution in [3.8, 4) is 5.69 Å². The smallest absolute Gasteiger partial charge is 0.273 e. The molecule has 0 amide bonds. The average Bonchev–Trinajstić information content (AvgIpc) is 2.29. The van der Waals surface area contributed by atoms with Crippen LogP contribution in [0.25, 0.3) is 5.69 Å². The van der Waals surface area contributed by atoms with E-state index in [1.54, 1.807) is 0 Å². The Morgan fingerprint density at radius 3 is 2.56 bits per heavy atom. The van der Waals surface area contributed by atoms with Crippen LogP contribution >= 0.6 is 0 Å². The zero-order chi connectivity index (χ0) is 11.5. The first-order valence-corrected chi connectivity index (χ1v) is 5.15. The maximum atomic E-state index is 11.6. The van der Waals surface area contributed by atoms with E-state index in [0.717, 1.165) is 12.1 Å². The van der Waals surface area contributed by atoms with Gasteiger partial charge in [-0.25, -0.2) is 0 Å². The van der Waals surface area contributed by atoms with Gasteiger partial charge in [0.15, 0.2) is 0 Å². The van der Waals surface area contributed by atoms with Crippen molar-refractivity contribution in [2.45, 2.75) is 13.3 Å². The van der Waals surface area contributed by atoms with Crippen molar-refractivity contribution in [1.29, 1.82) is 0 Å². The highest BCUT2D eigenvalue weighted by atomic mass is 16.1. The van der Waals surface area contributed by atoms with Crippen LogP contribution in [-0.2, 0) is 6.42 Å². The molecule has 1 aromatic heterocycles. The highest BCUT2D eigenvalue weighted by Crippen LogP contribution is 2.07. The van der Waals surface area contributed by atoms with Crippen molar-refractivity contribution >= 4 is 5.69 Å². The normalized spacial score (nSPS) is 10.3. The van der Waals surface area contributed by atoms with Crippen LogP contribution in [0, 0.1) is 0 Å². The lowest BCUT2D eigenvalue weighted by Crippen LogP contribution is -2.20. The number of nitrogens with two attached hydrogens (primary N) is 1. The molecule has 0 unspecified atom stereocenters. The van der Waals surface area contributed by atoms with E-state index in [4.69, 9.17) is 5.73 Å². The number of nitrogen functional groups attached to an aromatic ring is 1. The quantitative estimate of drug-likeness (QED) is 0.823. The fraction of sp³-hybridized carbons (Fsp3) is 0.167. The summed E-state index contributed by atoms with van der Waals surface area (Å²) in [6, 6.07) is 9.09. The Balaban J connectivity index is 2.46. The summed E-state index contributed by atoms with van der Waals surface area (Å²) < 4.78 is 1.33. The van der Waals surface area contributed by atoms with E-state index in [2.05, 4.69) is 12.0 Å². The molecular weight excluding hydrogens is 202 g/mol. The number of hydrogen-bond acceptors (Lipinski definition) is 3. The van der Waals surface area contributed by atoms with E-state index in [1.807, 2.05) is 24.3 Å². The van der Waals surface area contributed by atoms with Gasteiger partial charge in [-0.1, -0.05) is 19.1 Å². The van der Waals surface area contributed by atoms with Crippen LogP contribution in [0.1, 0.15) is 12.5 Å². The molecule has 2 rings (SSSR count). The molecular formula is C12H13N3O. The molecule has 0 spiro atoms. The third kappa shape index (κ3) is 1.95. The van der Waals surface area contributed by atoms with Gasteiger partial charge >= 0.3 is 0 Å². The molecule has 1 aromatic carbocycles. The molecule has 0 aliphatic carbocycles. The molecule has 0 aliphatic rings. The number of rotatable bonds is 2.